The number of hydrogen-bond acceptors (Lipinski definition) is 4. The van der Waals surface area contributed by atoms with Crippen LogP contribution in [0.15, 0.2) is 29.4 Å². The average molecular weight is 330 g/mol. The number of fused-ring (bicyclic) bond motifs is 1. The first kappa shape index (κ1) is 15.4. The van der Waals surface area contributed by atoms with E-state index >= 15 is 0 Å². The highest BCUT2D eigenvalue weighted by atomic mass is 32.1. The van der Waals surface area contributed by atoms with Gasteiger partial charge in [0.05, 0.1) is 6.21 Å². The molecule has 2 N–H and O–H groups in total. The first-order valence-electron chi connectivity index (χ1n) is 7.20. The van der Waals surface area contributed by atoms with Crippen LogP contribution in [0, 0.1) is 13.8 Å². The van der Waals surface area contributed by atoms with Gasteiger partial charge >= 0.3 is 0 Å². The lowest BCUT2D eigenvalue weighted by Gasteiger charge is -2.10. The highest BCUT2D eigenvalue weighted by Gasteiger charge is 2.16. The van der Waals surface area contributed by atoms with Crippen molar-refractivity contribution in [3.8, 4) is 17.2 Å². The third kappa shape index (κ3) is 3.00. The third-order valence-corrected chi connectivity index (χ3v) is 3.98. The average Bonchev–Trinajstić information content (AvgIpc) is 3.11. The molecule has 120 valence electrons. The van der Waals surface area contributed by atoms with E-state index < -0.39 is 0 Å². The van der Waals surface area contributed by atoms with Crippen molar-refractivity contribution < 1.29 is 9.47 Å². The van der Waals surface area contributed by atoms with Crippen molar-refractivity contribution in [3.05, 3.63) is 41.2 Å². The van der Waals surface area contributed by atoms with Crippen molar-refractivity contribution in [1.29, 1.82) is 0 Å². The Labute approximate surface area is 140 Å². The maximum atomic E-state index is 5.46. The van der Waals surface area contributed by atoms with Crippen LogP contribution >= 0.6 is 12.2 Å². The number of rotatable bonds is 3. The summed E-state index contributed by atoms with van der Waals surface area (Å²) in [6, 6.07) is 8.01. The zero-order valence-electron chi connectivity index (χ0n) is 13.2. The minimum Gasteiger partial charge on any atom is -0.454 e. The monoisotopic (exact) mass is 330 g/mol. The molecule has 0 atom stereocenters. The van der Waals surface area contributed by atoms with Gasteiger partial charge in [0.2, 0.25) is 6.79 Å². The van der Waals surface area contributed by atoms with E-state index in [1.165, 1.54) is 0 Å². The highest BCUT2D eigenvalue weighted by molar-refractivity contribution is 7.80. The van der Waals surface area contributed by atoms with Gasteiger partial charge in [-0.3, -0.25) is 5.43 Å². The number of benzene rings is 1. The van der Waals surface area contributed by atoms with Gasteiger partial charge in [0.15, 0.2) is 16.6 Å². The molecule has 7 heteroatoms. The molecule has 1 aliphatic rings. The molecule has 1 aromatic heterocycles. The van der Waals surface area contributed by atoms with Crippen LogP contribution in [0.1, 0.15) is 17.0 Å². The summed E-state index contributed by atoms with van der Waals surface area (Å²) >= 11 is 4.99. The van der Waals surface area contributed by atoms with Crippen LogP contribution < -0.4 is 20.2 Å². The Kier molecular flexibility index (Phi) is 4.20. The summed E-state index contributed by atoms with van der Waals surface area (Å²) in [7, 11) is 1.75. The Balaban J connectivity index is 1.90. The molecule has 0 saturated carbocycles. The first-order valence-corrected chi connectivity index (χ1v) is 7.60. The lowest BCUT2D eigenvalue weighted by Crippen LogP contribution is -2.28. The topological polar surface area (TPSA) is 59.8 Å². The van der Waals surface area contributed by atoms with Crippen LogP contribution in [0.3, 0.4) is 0 Å². The number of nitrogens with one attached hydrogen (secondary N) is 2. The lowest BCUT2D eigenvalue weighted by molar-refractivity contribution is 0.174. The highest BCUT2D eigenvalue weighted by Crippen LogP contribution is 2.34. The van der Waals surface area contributed by atoms with Crippen molar-refractivity contribution in [1.82, 2.24) is 15.3 Å². The number of nitrogens with zero attached hydrogens (tertiary/aromatic N) is 2. The van der Waals surface area contributed by atoms with Crippen molar-refractivity contribution in [3.63, 3.8) is 0 Å². The second kappa shape index (κ2) is 6.29. The minimum atomic E-state index is 0.275. The molecule has 0 fully saturated rings. The molecule has 0 bridgehead atoms. The zero-order chi connectivity index (χ0) is 16.4. The number of aromatic nitrogens is 1. The fourth-order valence-corrected chi connectivity index (χ4v) is 2.61. The van der Waals surface area contributed by atoms with Crippen LogP contribution in [0.4, 0.5) is 0 Å². The van der Waals surface area contributed by atoms with Crippen LogP contribution in [0.2, 0.25) is 0 Å². The van der Waals surface area contributed by atoms with Gasteiger partial charge in [-0.1, -0.05) is 0 Å². The zero-order valence-corrected chi connectivity index (χ0v) is 14.0. The molecule has 0 radical (unpaired) electrons. The van der Waals surface area contributed by atoms with Crippen molar-refractivity contribution in [2.24, 2.45) is 5.10 Å². The van der Waals surface area contributed by atoms with E-state index in [1.807, 2.05) is 18.2 Å². The predicted molar refractivity (Wildman–Crippen MR) is 93.8 cm³/mol. The second-order valence-electron chi connectivity index (χ2n) is 5.15. The number of ether oxygens (including phenoxy) is 2. The van der Waals surface area contributed by atoms with Gasteiger partial charge in [0.1, 0.15) is 0 Å². The van der Waals surface area contributed by atoms with Gasteiger partial charge in [-0.05, 0) is 44.3 Å². The summed E-state index contributed by atoms with van der Waals surface area (Å²) in [5.74, 6) is 1.55. The molecule has 0 aliphatic carbocycles. The van der Waals surface area contributed by atoms with Crippen molar-refractivity contribution in [2.45, 2.75) is 13.8 Å². The fourth-order valence-electron chi connectivity index (χ4n) is 2.56. The summed E-state index contributed by atoms with van der Waals surface area (Å²) in [6.45, 7) is 4.38. The third-order valence-electron chi connectivity index (χ3n) is 3.68. The SMILES string of the molecule is CNC(=S)N/N=C\c1cc(C)n(-c2ccc3c(c2)OCO3)c1C. The van der Waals surface area contributed by atoms with E-state index in [2.05, 4.69) is 40.3 Å². The largest absolute Gasteiger partial charge is 0.454 e. The van der Waals surface area contributed by atoms with Crippen LogP contribution in [0.5, 0.6) is 11.5 Å². The molecule has 0 unspecified atom stereocenters. The van der Waals surface area contributed by atoms with Crippen LogP contribution in [-0.4, -0.2) is 29.7 Å². The fraction of sp³-hybridized carbons (Fsp3) is 0.250. The van der Waals surface area contributed by atoms with Crippen molar-refractivity contribution in [2.75, 3.05) is 13.8 Å². The van der Waals surface area contributed by atoms with E-state index in [-0.39, 0.29) is 6.79 Å². The number of thiocarbonyl (C=S) groups is 1. The standard InChI is InChI=1S/C16H18N4O2S/c1-10-6-12(8-18-19-16(23)17-3)11(2)20(10)13-4-5-14-15(7-13)22-9-21-14/h4-8H,9H2,1-3H3,(H2,17,19,23)/b18-8-. The maximum absolute atomic E-state index is 5.46. The normalized spacial score (nSPS) is 12.7. The van der Waals surface area contributed by atoms with Gasteiger partial charge in [-0.25, -0.2) is 0 Å². The minimum absolute atomic E-state index is 0.275. The molecule has 23 heavy (non-hydrogen) atoms. The van der Waals surface area contributed by atoms with Crippen LogP contribution in [0.25, 0.3) is 5.69 Å². The van der Waals surface area contributed by atoms with Gasteiger partial charge in [0.25, 0.3) is 0 Å². The summed E-state index contributed by atoms with van der Waals surface area (Å²) in [5, 5.41) is 7.43. The predicted octanol–water partition coefficient (Wildman–Crippen LogP) is 2.25. The van der Waals surface area contributed by atoms with Crippen molar-refractivity contribution >= 4 is 23.5 Å². The smallest absolute Gasteiger partial charge is 0.231 e. The lowest BCUT2D eigenvalue weighted by atomic mass is 10.2. The van der Waals surface area contributed by atoms with E-state index in [0.29, 0.717) is 5.11 Å². The Hall–Kier alpha value is -2.54. The Bertz CT molecular complexity index is 783. The second-order valence-corrected chi connectivity index (χ2v) is 5.56. The molecule has 2 aromatic rings. The number of hydrazone groups is 1. The molecule has 2 heterocycles. The van der Waals surface area contributed by atoms with Gasteiger partial charge in [-0.2, -0.15) is 5.10 Å². The summed E-state index contributed by atoms with van der Waals surface area (Å²) in [6.07, 6.45) is 1.76. The Morgan fingerprint density at radius 1 is 1.26 bits per heavy atom. The first-order chi connectivity index (χ1) is 11.1. The van der Waals surface area contributed by atoms with Gasteiger partial charge in [-0.15, -0.1) is 0 Å². The molecular formula is C16H18N4O2S. The maximum Gasteiger partial charge on any atom is 0.231 e. The molecule has 0 spiro atoms. The number of hydrogen-bond donors (Lipinski definition) is 2. The van der Waals surface area contributed by atoms with Gasteiger partial charge in [0, 0.05) is 35.8 Å². The Morgan fingerprint density at radius 2 is 2.04 bits per heavy atom. The summed E-state index contributed by atoms with van der Waals surface area (Å²) in [4.78, 5) is 0. The molecule has 0 saturated heterocycles. The summed E-state index contributed by atoms with van der Waals surface area (Å²) < 4.78 is 13.0. The van der Waals surface area contributed by atoms with E-state index in [4.69, 9.17) is 21.7 Å². The van der Waals surface area contributed by atoms with Crippen LogP contribution in [-0.2, 0) is 0 Å². The molecule has 1 aliphatic heterocycles. The Morgan fingerprint density at radius 3 is 2.83 bits per heavy atom. The molecular weight excluding hydrogens is 312 g/mol. The molecule has 0 amide bonds. The molecule has 6 nitrogen and oxygen atoms in total. The summed E-state index contributed by atoms with van der Waals surface area (Å²) in [5.41, 5.74) is 7.00. The molecule has 1 aromatic carbocycles. The number of aryl methyl sites for hydroxylation is 1. The van der Waals surface area contributed by atoms with E-state index in [1.54, 1.807) is 13.3 Å². The van der Waals surface area contributed by atoms with E-state index in [0.717, 1.165) is 34.1 Å². The van der Waals surface area contributed by atoms with E-state index in [9.17, 15) is 0 Å². The van der Waals surface area contributed by atoms with Gasteiger partial charge < -0.3 is 19.4 Å². The quantitative estimate of drug-likeness (QED) is 0.513. The molecule has 3 rings (SSSR count).